The molecule has 1 aliphatic rings. The first-order chi connectivity index (χ1) is 19.5. The van der Waals surface area contributed by atoms with Gasteiger partial charge in [0.2, 0.25) is 0 Å². The number of amides is 1. The summed E-state index contributed by atoms with van der Waals surface area (Å²) in [4.78, 5) is 25.9. The summed E-state index contributed by atoms with van der Waals surface area (Å²) in [5, 5.41) is 6.79. The Morgan fingerprint density at radius 3 is 2.52 bits per heavy atom. The van der Waals surface area contributed by atoms with Crippen LogP contribution in [0.2, 0.25) is 0 Å². The number of benzene rings is 2. The molecule has 0 aliphatic heterocycles. The Morgan fingerprint density at radius 1 is 1.05 bits per heavy atom. The van der Waals surface area contributed by atoms with Crippen LogP contribution in [0.25, 0.3) is 11.1 Å². The van der Waals surface area contributed by atoms with Crippen LogP contribution in [0.3, 0.4) is 0 Å². The van der Waals surface area contributed by atoms with Crippen LogP contribution in [0.5, 0.6) is 0 Å². The zero-order valence-electron chi connectivity index (χ0n) is 24.8. The first kappa shape index (κ1) is 32.6. The van der Waals surface area contributed by atoms with Gasteiger partial charge in [0.25, 0.3) is 5.91 Å². The van der Waals surface area contributed by atoms with Crippen molar-refractivity contribution in [1.82, 2.24) is 10.6 Å². The Hall–Kier alpha value is -1.96. The number of nitrogens with one attached hydrogen (secondary N) is 2. The van der Waals surface area contributed by atoms with Crippen LogP contribution in [0.15, 0.2) is 42.5 Å². The van der Waals surface area contributed by atoms with Gasteiger partial charge in [-0.15, -0.1) is 0 Å². The molecule has 2 atom stereocenters. The van der Waals surface area contributed by atoms with Crippen LogP contribution in [0, 0.1) is 12.8 Å². The van der Waals surface area contributed by atoms with E-state index in [0.717, 1.165) is 52.0 Å². The number of ether oxygens (including phenoxy) is 1. The van der Waals surface area contributed by atoms with E-state index >= 15 is 0 Å². The van der Waals surface area contributed by atoms with Crippen molar-refractivity contribution in [2.24, 2.45) is 5.92 Å². The van der Waals surface area contributed by atoms with Crippen LogP contribution in [0.1, 0.15) is 79.8 Å². The van der Waals surface area contributed by atoms with Gasteiger partial charge < -0.3 is 15.4 Å². The number of rotatable bonds is 16. The fourth-order valence-corrected chi connectivity index (χ4v) is 6.82. The van der Waals surface area contributed by atoms with E-state index in [1.54, 1.807) is 11.8 Å². The number of carbonyl (C=O) groups excluding carboxylic acids is 2. The molecule has 0 heterocycles. The van der Waals surface area contributed by atoms with Gasteiger partial charge in [-0.3, -0.25) is 4.79 Å². The van der Waals surface area contributed by atoms with E-state index in [2.05, 4.69) is 42.7 Å². The molecule has 0 saturated heterocycles. The van der Waals surface area contributed by atoms with E-state index in [0.29, 0.717) is 18.0 Å². The normalized spacial score (nSPS) is 15.4. The lowest BCUT2D eigenvalue weighted by Gasteiger charge is -2.25. The van der Waals surface area contributed by atoms with Crippen LogP contribution in [0.4, 0.5) is 0 Å². The summed E-state index contributed by atoms with van der Waals surface area (Å²) in [5.74, 6) is 3.24. The largest absolute Gasteiger partial charge is 0.467 e. The molecule has 1 saturated carbocycles. The summed E-state index contributed by atoms with van der Waals surface area (Å²) in [6, 6.07) is 14.1. The molecule has 3 rings (SSSR count). The molecule has 220 valence electrons. The minimum absolute atomic E-state index is 0.251. The summed E-state index contributed by atoms with van der Waals surface area (Å²) >= 11 is 3.65. The van der Waals surface area contributed by atoms with Crippen LogP contribution < -0.4 is 10.6 Å². The molecular weight excluding hydrogens is 537 g/mol. The molecule has 5 nitrogen and oxygen atoms in total. The topological polar surface area (TPSA) is 67.4 Å². The average Bonchev–Trinajstić information content (AvgIpc) is 2.99. The number of methoxy groups -OCH3 is 1. The SMILES string of the molecule is CCSC[C@H](CCC1CCCCC1)NCc1ccc(C(=O)N[C@@H](CCSC)C(=O)OC)c(-c2ccccc2C)c1. The Labute approximate surface area is 250 Å². The summed E-state index contributed by atoms with van der Waals surface area (Å²) < 4.78 is 4.97. The molecule has 0 aromatic heterocycles. The monoisotopic (exact) mass is 584 g/mol. The molecule has 2 aromatic rings. The van der Waals surface area contributed by atoms with E-state index in [4.69, 9.17) is 4.74 Å². The first-order valence-corrected chi connectivity index (χ1v) is 17.4. The maximum absolute atomic E-state index is 13.5. The molecule has 1 amide bonds. The van der Waals surface area contributed by atoms with Gasteiger partial charge in [0.05, 0.1) is 7.11 Å². The van der Waals surface area contributed by atoms with Gasteiger partial charge in [0, 0.05) is 23.9 Å². The number of esters is 1. The molecule has 40 heavy (non-hydrogen) atoms. The molecule has 0 bridgehead atoms. The zero-order chi connectivity index (χ0) is 28.7. The van der Waals surface area contributed by atoms with Crippen molar-refractivity contribution in [3.63, 3.8) is 0 Å². The van der Waals surface area contributed by atoms with Gasteiger partial charge in [-0.05, 0) is 84.3 Å². The number of hydrogen-bond acceptors (Lipinski definition) is 6. The maximum atomic E-state index is 13.5. The molecule has 7 heteroatoms. The molecule has 1 aliphatic carbocycles. The number of thioether (sulfide) groups is 2. The van der Waals surface area contributed by atoms with Crippen molar-refractivity contribution < 1.29 is 14.3 Å². The zero-order valence-corrected chi connectivity index (χ0v) is 26.4. The minimum atomic E-state index is -0.669. The third-order valence-electron chi connectivity index (χ3n) is 7.93. The summed E-state index contributed by atoms with van der Waals surface area (Å²) in [5.41, 5.74) is 4.77. The standard InChI is InChI=1S/C33H48N2O3S2/c1-5-40-23-27(17-15-25-12-7-6-8-13-25)34-22-26-16-18-29(30(21-26)28-14-10-9-11-24(28)2)32(36)35-31(19-20-39-4)33(37)38-3/h9-11,14,16,18,21,25,27,31,34H,5-8,12-13,15,17,19-20,22-23H2,1-4H3,(H,35,36)/t27-,31-/m0/s1. The minimum Gasteiger partial charge on any atom is -0.467 e. The lowest BCUT2D eigenvalue weighted by atomic mass is 9.85. The van der Waals surface area contributed by atoms with Crippen molar-refractivity contribution in [2.45, 2.75) is 83.8 Å². The van der Waals surface area contributed by atoms with Gasteiger partial charge in [0.1, 0.15) is 6.04 Å². The highest BCUT2D eigenvalue weighted by Crippen LogP contribution is 2.30. The number of carbonyl (C=O) groups is 2. The Balaban J connectivity index is 1.79. The third kappa shape index (κ3) is 10.1. The van der Waals surface area contributed by atoms with E-state index in [1.165, 1.54) is 52.1 Å². The average molecular weight is 585 g/mol. The lowest BCUT2D eigenvalue weighted by Crippen LogP contribution is -2.42. The molecule has 2 aromatic carbocycles. The van der Waals surface area contributed by atoms with Crippen molar-refractivity contribution in [3.8, 4) is 11.1 Å². The van der Waals surface area contributed by atoms with Gasteiger partial charge in [-0.25, -0.2) is 4.79 Å². The van der Waals surface area contributed by atoms with E-state index in [9.17, 15) is 9.59 Å². The Bertz CT molecular complexity index is 1070. The fourth-order valence-electron chi connectivity index (χ4n) is 5.54. The molecular formula is C33H48N2O3S2. The van der Waals surface area contributed by atoms with E-state index in [1.807, 2.05) is 42.3 Å². The molecule has 0 radical (unpaired) electrons. The second-order valence-corrected chi connectivity index (χ2v) is 13.1. The smallest absolute Gasteiger partial charge is 0.328 e. The number of hydrogen-bond donors (Lipinski definition) is 2. The second-order valence-electron chi connectivity index (χ2n) is 10.8. The summed E-state index contributed by atoms with van der Waals surface area (Å²) in [7, 11) is 1.36. The van der Waals surface area contributed by atoms with Gasteiger partial charge in [0.15, 0.2) is 0 Å². The Kier molecular flexibility index (Phi) is 14.5. The quantitative estimate of drug-likeness (QED) is 0.203. The van der Waals surface area contributed by atoms with Crippen molar-refractivity contribution >= 4 is 35.4 Å². The summed E-state index contributed by atoms with van der Waals surface area (Å²) in [6.45, 7) is 5.06. The third-order valence-corrected chi connectivity index (χ3v) is 9.62. The van der Waals surface area contributed by atoms with Crippen molar-refractivity contribution in [2.75, 3.05) is 30.6 Å². The fraction of sp³-hybridized carbons (Fsp3) is 0.576. The Morgan fingerprint density at radius 2 is 1.82 bits per heavy atom. The molecule has 0 unspecified atom stereocenters. The predicted octanol–water partition coefficient (Wildman–Crippen LogP) is 7.26. The van der Waals surface area contributed by atoms with E-state index < -0.39 is 12.0 Å². The van der Waals surface area contributed by atoms with Gasteiger partial charge in [-0.2, -0.15) is 23.5 Å². The van der Waals surface area contributed by atoms with Gasteiger partial charge >= 0.3 is 5.97 Å². The number of aryl methyl sites for hydroxylation is 1. The van der Waals surface area contributed by atoms with E-state index in [-0.39, 0.29) is 5.91 Å². The van der Waals surface area contributed by atoms with Crippen LogP contribution in [-0.4, -0.2) is 54.6 Å². The van der Waals surface area contributed by atoms with Crippen molar-refractivity contribution in [3.05, 3.63) is 59.2 Å². The van der Waals surface area contributed by atoms with Crippen LogP contribution >= 0.6 is 23.5 Å². The molecule has 0 spiro atoms. The van der Waals surface area contributed by atoms with Crippen molar-refractivity contribution in [1.29, 1.82) is 0 Å². The summed E-state index contributed by atoms with van der Waals surface area (Å²) in [6.07, 6.45) is 12.0. The lowest BCUT2D eigenvalue weighted by molar-refractivity contribution is -0.142. The highest BCUT2D eigenvalue weighted by atomic mass is 32.2. The highest BCUT2D eigenvalue weighted by Gasteiger charge is 2.24. The molecule has 1 fully saturated rings. The maximum Gasteiger partial charge on any atom is 0.328 e. The first-order valence-electron chi connectivity index (χ1n) is 14.8. The predicted molar refractivity (Wildman–Crippen MR) is 172 cm³/mol. The second kappa shape index (κ2) is 17.8. The van der Waals surface area contributed by atoms with Crippen LogP contribution in [-0.2, 0) is 16.1 Å². The van der Waals surface area contributed by atoms with Gasteiger partial charge in [-0.1, -0.05) is 69.4 Å². The molecule has 2 N–H and O–H groups in total. The highest BCUT2D eigenvalue weighted by molar-refractivity contribution is 7.99.